The van der Waals surface area contributed by atoms with E-state index >= 15 is 0 Å². The summed E-state index contributed by atoms with van der Waals surface area (Å²) in [6, 6.07) is 23.2. The van der Waals surface area contributed by atoms with Gasteiger partial charge < -0.3 is 15.0 Å². The summed E-state index contributed by atoms with van der Waals surface area (Å²) in [5.41, 5.74) is 2.92. The van der Waals surface area contributed by atoms with Gasteiger partial charge in [0.1, 0.15) is 18.3 Å². The van der Waals surface area contributed by atoms with Gasteiger partial charge in [0.05, 0.1) is 19.1 Å². The number of unbranched alkanes of at least 4 members (excludes halogenated alkanes) is 1. The van der Waals surface area contributed by atoms with Gasteiger partial charge in [-0.05, 0) is 47.2 Å². The van der Waals surface area contributed by atoms with Gasteiger partial charge in [-0.15, -0.1) is 0 Å². The van der Waals surface area contributed by atoms with Crippen molar-refractivity contribution in [1.29, 1.82) is 0 Å². The summed E-state index contributed by atoms with van der Waals surface area (Å²) >= 11 is 0. The first kappa shape index (κ1) is 32.7. The predicted molar refractivity (Wildman–Crippen MR) is 168 cm³/mol. The molecular formula is C33H43N3O5S. The molecule has 1 atom stereocenters. The Kier molecular flexibility index (Phi) is 12.0. The Hall–Kier alpha value is -3.85. The first-order valence-corrected chi connectivity index (χ1v) is 16.2. The Balaban J connectivity index is 2.09. The van der Waals surface area contributed by atoms with Crippen LogP contribution in [0, 0.1) is 0 Å². The van der Waals surface area contributed by atoms with Gasteiger partial charge >= 0.3 is 0 Å². The molecule has 3 aromatic carbocycles. The fourth-order valence-corrected chi connectivity index (χ4v) is 5.69. The summed E-state index contributed by atoms with van der Waals surface area (Å²) in [7, 11) is -2.28. The van der Waals surface area contributed by atoms with E-state index in [2.05, 4.69) is 5.32 Å². The number of carbonyl (C=O) groups excluding carboxylic acids is 2. The third-order valence-electron chi connectivity index (χ3n) is 7.09. The number of anilines is 1. The SMILES string of the molecule is CCCCNC(=O)C(Cc1ccccc1)N(Cc1cccc(OC)c1)C(=O)CN(c1ccccc1C(C)C)S(C)(=O)=O. The van der Waals surface area contributed by atoms with Crippen LogP contribution in [0.25, 0.3) is 0 Å². The van der Waals surface area contributed by atoms with Gasteiger partial charge in [-0.2, -0.15) is 0 Å². The molecule has 1 N–H and O–H groups in total. The monoisotopic (exact) mass is 593 g/mol. The van der Waals surface area contributed by atoms with Crippen molar-refractivity contribution in [3.63, 3.8) is 0 Å². The highest BCUT2D eigenvalue weighted by atomic mass is 32.2. The Morgan fingerprint density at radius 2 is 1.60 bits per heavy atom. The minimum absolute atomic E-state index is 0.0311. The van der Waals surface area contributed by atoms with Gasteiger partial charge in [-0.1, -0.05) is 87.9 Å². The fourth-order valence-electron chi connectivity index (χ4n) is 4.83. The van der Waals surface area contributed by atoms with E-state index in [-0.39, 0.29) is 24.8 Å². The summed E-state index contributed by atoms with van der Waals surface area (Å²) < 4.78 is 32.8. The number of benzene rings is 3. The molecule has 0 aromatic heterocycles. The number of carbonyl (C=O) groups is 2. The van der Waals surface area contributed by atoms with Crippen LogP contribution in [0.1, 0.15) is 56.2 Å². The molecule has 0 aliphatic heterocycles. The molecule has 2 amide bonds. The topological polar surface area (TPSA) is 96.0 Å². The lowest BCUT2D eigenvalue weighted by atomic mass is 10.0. The minimum Gasteiger partial charge on any atom is -0.497 e. The van der Waals surface area contributed by atoms with E-state index in [0.29, 0.717) is 18.0 Å². The van der Waals surface area contributed by atoms with E-state index < -0.39 is 28.5 Å². The second-order valence-corrected chi connectivity index (χ2v) is 12.6. The molecule has 3 rings (SSSR count). The number of nitrogens with zero attached hydrogens (tertiary/aromatic N) is 2. The zero-order chi connectivity index (χ0) is 30.7. The van der Waals surface area contributed by atoms with Crippen molar-refractivity contribution in [3.8, 4) is 5.75 Å². The summed E-state index contributed by atoms with van der Waals surface area (Å²) in [5.74, 6) is -0.107. The van der Waals surface area contributed by atoms with Gasteiger partial charge in [0.15, 0.2) is 0 Å². The van der Waals surface area contributed by atoms with E-state index in [1.807, 2.05) is 87.5 Å². The lowest BCUT2D eigenvalue weighted by Gasteiger charge is -2.34. The Labute approximate surface area is 250 Å². The van der Waals surface area contributed by atoms with Crippen LogP contribution < -0.4 is 14.4 Å². The van der Waals surface area contributed by atoms with Gasteiger partial charge in [0.2, 0.25) is 21.8 Å². The smallest absolute Gasteiger partial charge is 0.244 e. The van der Waals surface area contributed by atoms with Crippen LogP contribution in [0.2, 0.25) is 0 Å². The van der Waals surface area contributed by atoms with Crippen LogP contribution in [0.3, 0.4) is 0 Å². The average Bonchev–Trinajstić information content (AvgIpc) is 2.97. The van der Waals surface area contributed by atoms with Gasteiger partial charge in [-0.3, -0.25) is 13.9 Å². The predicted octanol–water partition coefficient (Wildman–Crippen LogP) is 5.14. The maximum Gasteiger partial charge on any atom is 0.244 e. The highest BCUT2D eigenvalue weighted by molar-refractivity contribution is 7.92. The number of rotatable bonds is 15. The van der Waals surface area contributed by atoms with Gasteiger partial charge in [0.25, 0.3) is 0 Å². The number of amides is 2. The number of para-hydroxylation sites is 1. The molecule has 8 nitrogen and oxygen atoms in total. The number of hydrogen-bond acceptors (Lipinski definition) is 5. The van der Waals surface area contributed by atoms with Crippen molar-refractivity contribution in [2.24, 2.45) is 0 Å². The summed E-state index contributed by atoms with van der Waals surface area (Å²) in [4.78, 5) is 29.5. The lowest BCUT2D eigenvalue weighted by Crippen LogP contribution is -2.53. The van der Waals surface area contributed by atoms with Crippen LogP contribution in [-0.2, 0) is 32.6 Å². The van der Waals surface area contributed by atoms with E-state index in [9.17, 15) is 18.0 Å². The van der Waals surface area contributed by atoms with Crippen LogP contribution >= 0.6 is 0 Å². The third-order valence-corrected chi connectivity index (χ3v) is 8.22. The van der Waals surface area contributed by atoms with Gasteiger partial charge in [0, 0.05) is 19.5 Å². The van der Waals surface area contributed by atoms with Crippen LogP contribution in [0.15, 0.2) is 78.9 Å². The standard InChI is InChI=1S/C33H43N3O5S/c1-6-7-20-34-33(38)31(22-26-14-9-8-10-15-26)35(23-27-16-13-17-28(21-27)41-4)32(37)24-36(42(5,39)40)30-19-12-11-18-29(30)25(2)3/h8-19,21,25,31H,6-7,20,22-24H2,1-5H3,(H,34,38). The number of hydrogen-bond donors (Lipinski definition) is 1. The fraction of sp³-hybridized carbons (Fsp3) is 0.394. The maximum absolute atomic E-state index is 14.3. The summed E-state index contributed by atoms with van der Waals surface area (Å²) in [6.45, 7) is 6.14. The van der Waals surface area contributed by atoms with Crippen LogP contribution in [0.4, 0.5) is 5.69 Å². The molecule has 0 radical (unpaired) electrons. The molecule has 0 bridgehead atoms. The largest absolute Gasteiger partial charge is 0.497 e. The molecule has 0 heterocycles. The van der Waals surface area contributed by atoms with Crippen molar-refractivity contribution in [2.75, 3.05) is 30.8 Å². The zero-order valence-corrected chi connectivity index (χ0v) is 26.1. The first-order valence-electron chi connectivity index (χ1n) is 14.4. The molecular weight excluding hydrogens is 550 g/mol. The first-order chi connectivity index (χ1) is 20.0. The zero-order valence-electron chi connectivity index (χ0n) is 25.2. The van der Waals surface area contributed by atoms with Crippen molar-refractivity contribution in [2.45, 2.75) is 58.5 Å². The number of sulfonamides is 1. The normalized spacial score (nSPS) is 12.0. The summed E-state index contributed by atoms with van der Waals surface area (Å²) in [5, 5.41) is 3.00. The molecule has 0 aliphatic rings. The molecule has 226 valence electrons. The Morgan fingerprint density at radius 1 is 0.929 bits per heavy atom. The van der Waals surface area contributed by atoms with E-state index in [0.717, 1.165) is 40.1 Å². The second kappa shape index (κ2) is 15.4. The minimum atomic E-state index is -3.84. The lowest BCUT2D eigenvalue weighted by molar-refractivity contribution is -0.140. The van der Waals surface area contributed by atoms with Gasteiger partial charge in [-0.25, -0.2) is 8.42 Å². The van der Waals surface area contributed by atoms with E-state index in [1.54, 1.807) is 19.2 Å². The Bertz CT molecular complexity index is 1430. The summed E-state index contributed by atoms with van der Waals surface area (Å²) in [6.07, 6.45) is 3.09. The molecule has 0 aliphatic carbocycles. The van der Waals surface area contributed by atoms with Crippen LogP contribution in [-0.4, -0.2) is 57.6 Å². The highest BCUT2D eigenvalue weighted by Crippen LogP contribution is 2.29. The van der Waals surface area contributed by atoms with Crippen LogP contribution in [0.5, 0.6) is 5.75 Å². The molecule has 9 heteroatoms. The van der Waals surface area contributed by atoms with Crippen molar-refractivity contribution in [1.82, 2.24) is 10.2 Å². The van der Waals surface area contributed by atoms with Crippen molar-refractivity contribution >= 4 is 27.5 Å². The average molecular weight is 594 g/mol. The van der Waals surface area contributed by atoms with E-state index in [1.165, 1.54) is 4.90 Å². The molecule has 3 aromatic rings. The highest BCUT2D eigenvalue weighted by Gasteiger charge is 2.33. The number of nitrogens with one attached hydrogen (secondary N) is 1. The number of methoxy groups -OCH3 is 1. The molecule has 0 spiro atoms. The molecule has 0 saturated carbocycles. The van der Waals surface area contributed by atoms with Crippen molar-refractivity contribution < 1.29 is 22.7 Å². The maximum atomic E-state index is 14.3. The molecule has 0 saturated heterocycles. The Morgan fingerprint density at radius 3 is 2.24 bits per heavy atom. The van der Waals surface area contributed by atoms with Crippen molar-refractivity contribution in [3.05, 3.63) is 95.6 Å². The molecule has 42 heavy (non-hydrogen) atoms. The molecule has 0 fully saturated rings. The second-order valence-electron chi connectivity index (χ2n) is 10.7. The molecule has 1 unspecified atom stereocenters. The quantitative estimate of drug-likeness (QED) is 0.246. The van der Waals surface area contributed by atoms with E-state index in [4.69, 9.17) is 4.74 Å². The number of ether oxygens (including phenoxy) is 1. The third kappa shape index (κ3) is 9.08.